The second-order valence-electron chi connectivity index (χ2n) is 16.6. The van der Waals surface area contributed by atoms with Gasteiger partial charge < -0.3 is 30.7 Å². The van der Waals surface area contributed by atoms with E-state index in [1.165, 1.54) is 19.0 Å². The van der Waals surface area contributed by atoms with Crippen LogP contribution < -0.4 is 20.9 Å². The van der Waals surface area contributed by atoms with E-state index in [0.717, 1.165) is 57.6 Å². The van der Waals surface area contributed by atoms with E-state index in [9.17, 15) is 27.9 Å². The number of carbonyl (C=O) groups is 2. The minimum Gasteiger partial charge on any atom is -0.453 e. The number of anilines is 1. The normalized spacial score (nSPS) is 18.1. The molecule has 16 heteroatoms. The number of pyridine rings is 2. The molecular weight excluding hydrogens is 810 g/mol. The Morgan fingerprint density at radius 2 is 1.56 bits per heavy atom. The molecule has 0 radical (unpaired) electrons. The Kier molecular flexibility index (Phi) is 14.5. The van der Waals surface area contributed by atoms with E-state index < -0.39 is 53.4 Å². The molecule has 6 rings (SSSR count). The number of rotatable bonds is 14. The second kappa shape index (κ2) is 19.6. The summed E-state index contributed by atoms with van der Waals surface area (Å²) in [5.41, 5.74) is -0.546. The lowest BCUT2D eigenvalue weighted by atomic mass is 9.82. The van der Waals surface area contributed by atoms with Crippen molar-refractivity contribution in [3.63, 3.8) is 0 Å². The van der Waals surface area contributed by atoms with Crippen molar-refractivity contribution in [2.45, 2.75) is 96.0 Å². The number of nitrogens with zero attached hydrogens (tertiary/aromatic N) is 4. The Morgan fingerprint density at radius 3 is 2.13 bits per heavy atom. The van der Waals surface area contributed by atoms with E-state index in [4.69, 9.17) is 4.98 Å². The summed E-state index contributed by atoms with van der Waals surface area (Å²) in [6.07, 6.45) is -2.16. The summed E-state index contributed by atoms with van der Waals surface area (Å²) in [5.74, 6) is 4.20. The number of fused-ring (bicyclic) bond motifs is 2. The standard InChI is InChI=1S/C46H52F5N7O4/c1-28(2)58-33-16-17-34(58)27-57(26-33)41-18-15-31(23-54-41)14-11-29-9-12-30(13-10-29)20-39(55-43(60)42(56-44(61)62-5)45(3,4)46(49,50)51)40(59)25-52-24-35-36(47)21-32(22-37(35)48)38-8-6-7-19-53-38/h6-10,12-13,15,18-19,21-23,28,33-34,39-40,42,52,59H,16-17,20,24-27H2,1-5H3,(H,55,60)(H,56,61)/t33?,34?,39-,40-,42+/m0/s1. The van der Waals surface area contributed by atoms with Crippen LogP contribution in [-0.2, 0) is 22.5 Å². The predicted molar refractivity (Wildman–Crippen MR) is 225 cm³/mol. The first kappa shape index (κ1) is 45.9. The first-order valence-electron chi connectivity index (χ1n) is 20.5. The number of aliphatic hydroxyl groups excluding tert-OH is 1. The van der Waals surface area contributed by atoms with E-state index in [1.807, 2.05) is 17.4 Å². The summed E-state index contributed by atoms with van der Waals surface area (Å²) >= 11 is 0. The van der Waals surface area contributed by atoms with Gasteiger partial charge in [0.15, 0.2) is 0 Å². The number of benzene rings is 2. The Balaban J connectivity index is 1.15. The van der Waals surface area contributed by atoms with Crippen LogP contribution in [0, 0.1) is 28.9 Å². The van der Waals surface area contributed by atoms with Gasteiger partial charge in [-0.1, -0.05) is 30.0 Å². The number of halogens is 5. The summed E-state index contributed by atoms with van der Waals surface area (Å²) in [7, 11) is 0.945. The van der Waals surface area contributed by atoms with Gasteiger partial charge in [0.25, 0.3) is 0 Å². The maximum Gasteiger partial charge on any atom is 0.407 e. The lowest BCUT2D eigenvalue weighted by Crippen LogP contribution is -2.62. The quantitative estimate of drug-likeness (QED) is 0.0844. The molecular formula is C46H52F5N7O4. The summed E-state index contributed by atoms with van der Waals surface area (Å²) in [4.78, 5) is 39.5. The first-order chi connectivity index (χ1) is 29.4. The smallest absolute Gasteiger partial charge is 0.407 e. The van der Waals surface area contributed by atoms with Crippen molar-refractivity contribution in [3.8, 4) is 23.1 Å². The number of carbonyl (C=O) groups excluding carboxylic acids is 2. The third kappa shape index (κ3) is 10.9. The van der Waals surface area contributed by atoms with Crippen LogP contribution in [0.15, 0.2) is 79.1 Å². The van der Waals surface area contributed by atoms with Gasteiger partial charge >= 0.3 is 12.3 Å². The first-order valence-corrected chi connectivity index (χ1v) is 20.5. The maximum atomic E-state index is 15.1. The van der Waals surface area contributed by atoms with Crippen LogP contribution in [-0.4, -0.2) is 101 Å². The van der Waals surface area contributed by atoms with Gasteiger partial charge in [0.05, 0.1) is 30.4 Å². The van der Waals surface area contributed by atoms with E-state index >= 15 is 8.78 Å². The molecule has 11 nitrogen and oxygen atoms in total. The molecule has 2 aromatic heterocycles. The highest BCUT2D eigenvalue weighted by atomic mass is 19.4. The molecule has 5 atom stereocenters. The highest BCUT2D eigenvalue weighted by molar-refractivity contribution is 5.87. The minimum atomic E-state index is -4.94. The monoisotopic (exact) mass is 861 g/mol. The lowest BCUT2D eigenvalue weighted by molar-refractivity contribution is -0.220. The van der Waals surface area contributed by atoms with Crippen LogP contribution in [0.4, 0.5) is 32.6 Å². The zero-order valence-electron chi connectivity index (χ0n) is 35.3. The van der Waals surface area contributed by atoms with E-state index in [-0.39, 0.29) is 30.6 Å². The minimum absolute atomic E-state index is 0.0836. The molecule has 2 bridgehead atoms. The van der Waals surface area contributed by atoms with Gasteiger partial charge in [0, 0.05) is 79.0 Å². The predicted octanol–water partition coefficient (Wildman–Crippen LogP) is 6.37. The van der Waals surface area contributed by atoms with Crippen LogP contribution in [0.1, 0.15) is 62.8 Å². The maximum absolute atomic E-state index is 15.1. The molecule has 2 unspecified atom stereocenters. The van der Waals surface area contributed by atoms with Crippen LogP contribution >= 0.6 is 0 Å². The fraction of sp³-hybridized carbons (Fsp3) is 0.435. The number of aliphatic hydroxyl groups is 1. The number of hydrogen-bond acceptors (Lipinski definition) is 9. The molecule has 4 heterocycles. The van der Waals surface area contributed by atoms with Gasteiger partial charge in [0.1, 0.15) is 23.5 Å². The lowest BCUT2D eigenvalue weighted by Gasteiger charge is -2.43. The fourth-order valence-corrected chi connectivity index (χ4v) is 8.14. The SMILES string of the molecule is COC(=O)N[C@H](C(=O)N[C@@H](Cc1ccc(C#Cc2ccc(N3CC4CCC(C3)N4C(C)C)nc2)cc1)[C@@H](O)CNCc1c(F)cc(-c2ccccn2)cc1F)C(C)(C)C(F)(F)F. The van der Waals surface area contributed by atoms with Crippen molar-refractivity contribution >= 4 is 17.8 Å². The van der Waals surface area contributed by atoms with Gasteiger partial charge in [-0.3, -0.25) is 14.7 Å². The molecule has 2 aromatic carbocycles. The molecule has 330 valence electrons. The molecule has 4 N–H and O–H groups in total. The van der Waals surface area contributed by atoms with Crippen molar-refractivity contribution in [3.05, 3.63) is 113 Å². The summed E-state index contributed by atoms with van der Waals surface area (Å²) in [6.45, 7) is 7.18. The average Bonchev–Trinajstić information content (AvgIpc) is 3.52. The summed E-state index contributed by atoms with van der Waals surface area (Å²) in [5, 5.41) is 18.6. The molecule has 62 heavy (non-hydrogen) atoms. The third-order valence-electron chi connectivity index (χ3n) is 11.7. The van der Waals surface area contributed by atoms with Gasteiger partial charge in [-0.15, -0.1) is 0 Å². The topological polar surface area (TPSA) is 132 Å². The molecule has 2 fully saturated rings. The zero-order chi connectivity index (χ0) is 44.8. The van der Waals surface area contributed by atoms with E-state index in [1.54, 1.807) is 48.7 Å². The van der Waals surface area contributed by atoms with Crippen molar-refractivity contribution < 1.29 is 41.4 Å². The largest absolute Gasteiger partial charge is 0.453 e. The molecule has 2 saturated heterocycles. The average molecular weight is 862 g/mol. The number of alkyl halides is 3. The molecule has 2 aliphatic heterocycles. The van der Waals surface area contributed by atoms with Crippen molar-refractivity contribution in [2.75, 3.05) is 31.6 Å². The van der Waals surface area contributed by atoms with Crippen LogP contribution in [0.5, 0.6) is 0 Å². The number of aromatic nitrogens is 2. The van der Waals surface area contributed by atoms with Crippen LogP contribution in [0.3, 0.4) is 0 Å². The van der Waals surface area contributed by atoms with Gasteiger partial charge in [-0.05, 0) is 101 Å². The van der Waals surface area contributed by atoms with Gasteiger partial charge in [-0.2, -0.15) is 13.2 Å². The highest BCUT2D eigenvalue weighted by Gasteiger charge is 2.56. The van der Waals surface area contributed by atoms with Crippen molar-refractivity contribution in [1.82, 2.24) is 30.8 Å². The Labute approximate surface area is 358 Å². The number of amides is 2. The zero-order valence-corrected chi connectivity index (χ0v) is 35.3. The summed E-state index contributed by atoms with van der Waals surface area (Å²) in [6, 6.07) is 16.2. The fourth-order valence-electron chi connectivity index (χ4n) is 8.14. The number of hydrogen-bond donors (Lipinski definition) is 4. The molecule has 0 aliphatic carbocycles. The Hall–Kier alpha value is -5.63. The number of nitrogens with one attached hydrogen (secondary N) is 3. The van der Waals surface area contributed by atoms with Gasteiger partial charge in [0.2, 0.25) is 5.91 Å². The van der Waals surface area contributed by atoms with Gasteiger partial charge in [-0.25, -0.2) is 18.6 Å². The molecule has 2 aliphatic rings. The molecule has 0 saturated carbocycles. The Bertz CT molecular complexity index is 2190. The molecule has 2 amide bonds. The number of alkyl carbamates (subject to hydrolysis) is 1. The van der Waals surface area contributed by atoms with Crippen molar-refractivity contribution in [1.29, 1.82) is 0 Å². The Morgan fingerprint density at radius 1 is 0.919 bits per heavy atom. The second-order valence-corrected chi connectivity index (χ2v) is 16.6. The van der Waals surface area contributed by atoms with E-state index in [2.05, 4.69) is 55.8 Å². The summed E-state index contributed by atoms with van der Waals surface area (Å²) < 4.78 is 77.4. The van der Waals surface area contributed by atoms with E-state index in [0.29, 0.717) is 34.9 Å². The number of piperazine rings is 1. The van der Waals surface area contributed by atoms with Crippen LogP contribution in [0.25, 0.3) is 11.3 Å². The van der Waals surface area contributed by atoms with Crippen LogP contribution in [0.2, 0.25) is 0 Å². The number of ether oxygens (including phenoxy) is 1. The van der Waals surface area contributed by atoms with Crippen molar-refractivity contribution in [2.24, 2.45) is 5.41 Å². The number of methoxy groups -OCH3 is 1. The third-order valence-corrected chi connectivity index (χ3v) is 11.7. The molecule has 0 spiro atoms. The highest BCUT2D eigenvalue weighted by Crippen LogP contribution is 2.41. The molecule has 4 aromatic rings.